The summed E-state index contributed by atoms with van der Waals surface area (Å²) >= 11 is 0. The van der Waals surface area contributed by atoms with Crippen molar-refractivity contribution in [1.82, 2.24) is 4.90 Å². The number of rotatable bonds is 45. The van der Waals surface area contributed by atoms with Gasteiger partial charge >= 0.3 is 0 Å². The molecular formula is C53H103N3O6. The number of anilines is 2. The van der Waals surface area contributed by atoms with E-state index in [-0.39, 0.29) is 6.47 Å². The number of carbonyl (C=O) groups excluding carboxylic acids is 1. The second kappa shape index (κ2) is 49.8. The van der Waals surface area contributed by atoms with Gasteiger partial charge < -0.3 is 30.2 Å². The average molecular weight is 878 g/mol. The summed E-state index contributed by atoms with van der Waals surface area (Å²) in [5, 5.41) is 12.9. The Morgan fingerprint density at radius 1 is 0.532 bits per heavy atom. The highest BCUT2D eigenvalue weighted by Gasteiger charge is 2.18. The van der Waals surface area contributed by atoms with Crippen LogP contribution in [0.2, 0.25) is 0 Å². The van der Waals surface area contributed by atoms with Gasteiger partial charge in [0.05, 0.1) is 6.10 Å². The van der Waals surface area contributed by atoms with E-state index in [2.05, 4.69) is 43.2 Å². The van der Waals surface area contributed by atoms with E-state index in [1.807, 2.05) is 7.11 Å². The predicted octanol–water partition coefficient (Wildman–Crippen LogP) is 14.3. The molecule has 9 heteroatoms. The Kier molecular flexibility index (Phi) is 49.6. The third-order valence-electron chi connectivity index (χ3n) is 12.6. The molecule has 62 heavy (non-hydrogen) atoms. The van der Waals surface area contributed by atoms with E-state index in [4.69, 9.17) is 14.6 Å². The van der Waals surface area contributed by atoms with Gasteiger partial charge in [-0.2, -0.15) is 0 Å². The summed E-state index contributed by atoms with van der Waals surface area (Å²) in [5.74, 6) is 0.958. The maximum Gasteiger partial charge on any atom is 0.290 e. The molecule has 0 aromatic heterocycles. The van der Waals surface area contributed by atoms with Crippen LogP contribution in [0.5, 0.6) is 0 Å². The van der Waals surface area contributed by atoms with Gasteiger partial charge in [-0.15, -0.1) is 0 Å². The van der Waals surface area contributed by atoms with E-state index in [1.54, 1.807) is 7.05 Å². The lowest BCUT2D eigenvalue weighted by molar-refractivity contribution is -0.122. The molecule has 3 N–H and O–H groups in total. The van der Waals surface area contributed by atoms with E-state index in [0.717, 1.165) is 63.9 Å². The van der Waals surface area contributed by atoms with Crippen molar-refractivity contribution in [2.75, 3.05) is 51.0 Å². The van der Waals surface area contributed by atoms with Gasteiger partial charge in [0.15, 0.2) is 0 Å². The Labute approximate surface area is 383 Å². The first kappa shape index (κ1) is 61.8. The number of aldehydes is 1. The third kappa shape index (κ3) is 38.2. The lowest BCUT2D eigenvalue weighted by atomic mass is 9.89. The first-order chi connectivity index (χ1) is 30.3. The van der Waals surface area contributed by atoms with Gasteiger partial charge in [0.2, 0.25) is 0 Å². The monoisotopic (exact) mass is 878 g/mol. The van der Waals surface area contributed by atoms with Crippen LogP contribution in [0, 0.1) is 5.92 Å². The van der Waals surface area contributed by atoms with Crippen LogP contribution in [0.3, 0.4) is 0 Å². The summed E-state index contributed by atoms with van der Waals surface area (Å²) in [6.45, 7) is 13.0. The molecule has 1 aromatic carbocycles. The van der Waals surface area contributed by atoms with Crippen molar-refractivity contribution < 1.29 is 19.4 Å². The van der Waals surface area contributed by atoms with Crippen molar-refractivity contribution in [1.29, 1.82) is 0 Å². The molecule has 9 nitrogen and oxygen atoms in total. The SMILES string of the molecule is CCCCCCCC(CC)OC.CCCCCCCCC(CCCCCCCC)CCCCCCCN(CCCCCCCC=O)CCCCNc1c(NC)c(=O)c1=O.O=CO. The highest BCUT2D eigenvalue weighted by molar-refractivity contribution is 5.73. The molecule has 0 bridgehead atoms. The molecule has 1 aromatic rings. The van der Waals surface area contributed by atoms with Gasteiger partial charge in [-0.3, -0.25) is 14.4 Å². The van der Waals surface area contributed by atoms with Crippen LogP contribution in [0.4, 0.5) is 11.4 Å². The van der Waals surface area contributed by atoms with Crippen molar-refractivity contribution in [2.24, 2.45) is 5.92 Å². The van der Waals surface area contributed by atoms with Gasteiger partial charge in [0, 0.05) is 27.1 Å². The summed E-state index contributed by atoms with van der Waals surface area (Å²) < 4.78 is 5.31. The van der Waals surface area contributed by atoms with Gasteiger partial charge in [0.25, 0.3) is 17.3 Å². The Hall–Kier alpha value is -2.26. The fourth-order valence-corrected chi connectivity index (χ4v) is 8.52. The van der Waals surface area contributed by atoms with Crippen LogP contribution in [-0.2, 0) is 14.3 Å². The van der Waals surface area contributed by atoms with E-state index in [9.17, 15) is 14.4 Å². The van der Waals surface area contributed by atoms with Crippen LogP contribution >= 0.6 is 0 Å². The Morgan fingerprint density at radius 3 is 1.31 bits per heavy atom. The number of nitrogens with one attached hydrogen (secondary N) is 2. The van der Waals surface area contributed by atoms with Crippen LogP contribution in [0.1, 0.15) is 252 Å². The zero-order chi connectivity index (χ0) is 46.2. The third-order valence-corrected chi connectivity index (χ3v) is 12.6. The molecule has 1 rings (SSSR count). The maximum absolute atomic E-state index is 11.8. The number of unbranched alkanes of at least 4 members (excludes halogenated alkanes) is 24. The quantitative estimate of drug-likeness (QED) is 0.0334. The summed E-state index contributed by atoms with van der Waals surface area (Å²) in [5.41, 5.74) is 0.0831. The number of ether oxygens (including phenoxy) is 1. The van der Waals surface area contributed by atoms with Gasteiger partial charge in [-0.25, -0.2) is 0 Å². The van der Waals surface area contributed by atoms with Crippen molar-refractivity contribution in [3.63, 3.8) is 0 Å². The molecule has 366 valence electrons. The second-order valence-electron chi connectivity index (χ2n) is 18.0. The minimum absolute atomic E-state index is 0.250. The summed E-state index contributed by atoms with van der Waals surface area (Å²) in [6, 6.07) is 0. The molecule has 0 aliphatic heterocycles. The van der Waals surface area contributed by atoms with Crippen LogP contribution in [0.25, 0.3) is 0 Å². The molecular weight excluding hydrogens is 775 g/mol. The standard InChI is InChI=1S/C41H77N3O3.C11H24O.CH2O2/c1-4-6-8-10-15-21-29-37(30-22-16-11-9-7-5-2)31-23-17-14-19-26-34-44(33-25-18-12-13-20-28-36-45)35-27-24-32-43-39-38(42-3)40(46)41(39)47;1-4-6-7-8-9-10-11(5-2)12-3;2-1-3/h36-37,42-43H,4-35H2,1-3H3;11H,4-10H2,1-3H3;1H,(H,2,3). The smallest absolute Gasteiger partial charge is 0.290 e. The van der Waals surface area contributed by atoms with Crippen LogP contribution in [-0.4, -0.2) is 69.2 Å². The van der Waals surface area contributed by atoms with Crippen molar-refractivity contribution in [3.8, 4) is 0 Å². The van der Waals surface area contributed by atoms with E-state index >= 15 is 0 Å². The highest BCUT2D eigenvalue weighted by Crippen LogP contribution is 2.25. The van der Waals surface area contributed by atoms with Crippen molar-refractivity contribution in [2.45, 2.75) is 259 Å². The molecule has 0 aliphatic rings. The number of nitrogens with zero attached hydrogens (tertiary/aromatic N) is 1. The fraction of sp³-hybridized carbons (Fsp3) is 0.887. The average Bonchev–Trinajstić information content (AvgIpc) is 3.28. The summed E-state index contributed by atoms with van der Waals surface area (Å²) in [7, 11) is 3.51. The number of carbonyl (C=O) groups is 2. The van der Waals surface area contributed by atoms with Gasteiger partial charge in [-0.05, 0) is 70.5 Å². The molecule has 0 heterocycles. The summed E-state index contributed by atoms with van der Waals surface area (Å²) in [4.78, 5) is 45.0. The zero-order valence-corrected chi connectivity index (χ0v) is 41.8. The Balaban J connectivity index is 0. The number of methoxy groups -OCH3 is 1. The zero-order valence-electron chi connectivity index (χ0n) is 41.8. The molecule has 0 saturated heterocycles. The summed E-state index contributed by atoms with van der Waals surface area (Å²) in [6.07, 6.45) is 47.6. The molecule has 0 fully saturated rings. The van der Waals surface area contributed by atoms with Gasteiger partial charge in [0.1, 0.15) is 17.7 Å². The van der Waals surface area contributed by atoms with Crippen LogP contribution < -0.4 is 21.5 Å². The molecule has 0 saturated carbocycles. The van der Waals surface area contributed by atoms with E-state index in [1.165, 1.54) is 193 Å². The maximum atomic E-state index is 11.8. The van der Waals surface area contributed by atoms with E-state index < -0.39 is 10.9 Å². The second-order valence-corrected chi connectivity index (χ2v) is 18.0. The molecule has 1 atom stereocenters. The largest absolute Gasteiger partial charge is 0.483 e. The Morgan fingerprint density at radius 2 is 0.903 bits per heavy atom. The number of hydrogen-bond donors (Lipinski definition) is 3. The molecule has 0 spiro atoms. The minimum atomic E-state index is -0.409. The van der Waals surface area contributed by atoms with E-state index in [0.29, 0.717) is 23.9 Å². The first-order valence-corrected chi connectivity index (χ1v) is 26.4. The molecule has 0 aliphatic carbocycles. The highest BCUT2D eigenvalue weighted by atomic mass is 16.5. The normalized spacial score (nSPS) is 11.6. The topological polar surface area (TPSA) is 125 Å². The van der Waals surface area contributed by atoms with Crippen LogP contribution in [0.15, 0.2) is 9.59 Å². The molecule has 0 amide bonds. The van der Waals surface area contributed by atoms with Gasteiger partial charge in [-0.1, -0.05) is 201 Å². The predicted molar refractivity (Wildman–Crippen MR) is 269 cm³/mol. The fourth-order valence-electron chi connectivity index (χ4n) is 8.52. The first-order valence-electron chi connectivity index (χ1n) is 26.4. The number of hydrogen-bond acceptors (Lipinski definition) is 8. The minimum Gasteiger partial charge on any atom is -0.483 e. The number of carboxylic acid groups (broad SMARTS) is 1. The lowest BCUT2D eigenvalue weighted by Gasteiger charge is -2.22. The lowest BCUT2D eigenvalue weighted by Crippen LogP contribution is -2.37. The molecule has 0 radical (unpaired) electrons. The van der Waals surface area contributed by atoms with Crippen molar-refractivity contribution >= 4 is 24.1 Å². The molecule has 1 unspecified atom stereocenters. The van der Waals surface area contributed by atoms with Crippen molar-refractivity contribution in [3.05, 3.63) is 20.4 Å². The Bertz CT molecular complexity index is 1120.